The van der Waals surface area contributed by atoms with Crippen molar-refractivity contribution in [2.75, 3.05) is 0 Å². The third-order valence-corrected chi connectivity index (χ3v) is 6.78. The SMILES string of the molecule is CC1=CC[C@H]2C(C)(C)CCC[C@]2(C)[C@]1(O)C#C[Si](C)(C)C. The Morgan fingerprint density at radius 3 is 2.38 bits per heavy atom. The van der Waals surface area contributed by atoms with E-state index in [1.54, 1.807) is 0 Å². The average Bonchev–Trinajstić information content (AvgIpc) is 2.31. The fourth-order valence-electron chi connectivity index (χ4n) is 4.55. The Labute approximate surface area is 132 Å². The van der Waals surface area contributed by atoms with Crippen LogP contribution in [0.15, 0.2) is 11.6 Å². The predicted octanol–water partition coefficient (Wildman–Crippen LogP) is 4.78. The highest BCUT2D eigenvalue weighted by atomic mass is 28.3. The van der Waals surface area contributed by atoms with Gasteiger partial charge in [-0.15, -0.1) is 5.54 Å². The summed E-state index contributed by atoms with van der Waals surface area (Å²) < 4.78 is 0. The van der Waals surface area contributed by atoms with Crippen LogP contribution in [-0.4, -0.2) is 18.8 Å². The first-order valence-corrected chi connectivity index (χ1v) is 11.9. The summed E-state index contributed by atoms with van der Waals surface area (Å²) in [6.45, 7) is 15.8. The number of allylic oxidation sites excluding steroid dienone is 1. The lowest BCUT2D eigenvalue weighted by atomic mass is 9.47. The van der Waals surface area contributed by atoms with E-state index in [2.05, 4.69) is 64.9 Å². The van der Waals surface area contributed by atoms with Crippen LogP contribution >= 0.6 is 0 Å². The van der Waals surface area contributed by atoms with Crippen LogP contribution in [0.3, 0.4) is 0 Å². The molecule has 0 amide bonds. The minimum atomic E-state index is -1.49. The topological polar surface area (TPSA) is 20.2 Å². The quantitative estimate of drug-likeness (QED) is 0.388. The van der Waals surface area contributed by atoms with Crippen LogP contribution in [0.4, 0.5) is 0 Å². The first-order valence-electron chi connectivity index (χ1n) is 8.36. The summed E-state index contributed by atoms with van der Waals surface area (Å²) in [4.78, 5) is 0. The largest absolute Gasteiger partial charge is 0.373 e. The van der Waals surface area contributed by atoms with E-state index >= 15 is 0 Å². The second-order valence-electron chi connectivity index (χ2n) is 9.15. The molecule has 2 aliphatic rings. The maximum atomic E-state index is 11.6. The zero-order valence-electron chi connectivity index (χ0n) is 14.9. The van der Waals surface area contributed by atoms with Crippen molar-refractivity contribution in [3.05, 3.63) is 11.6 Å². The van der Waals surface area contributed by atoms with Crippen molar-refractivity contribution < 1.29 is 5.11 Å². The molecule has 0 aliphatic heterocycles. The van der Waals surface area contributed by atoms with Gasteiger partial charge >= 0.3 is 0 Å². The molecule has 0 heterocycles. The van der Waals surface area contributed by atoms with Gasteiger partial charge in [0.15, 0.2) is 5.60 Å². The molecule has 1 N–H and O–H groups in total. The Bertz CT molecular complexity index is 514. The fraction of sp³-hybridized carbons (Fsp3) is 0.789. The molecular formula is C19H32OSi. The highest BCUT2D eigenvalue weighted by Crippen LogP contribution is 2.60. The van der Waals surface area contributed by atoms with Gasteiger partial charge in [-0.25, -0.2) is 0 Å². The number of rotatable bonds is 0. The van der Waals surface area contributed by atoms with Crippen molar-refractivity contribution >= 4 is 8.07 Å². The minimum absolute atomic E-state index is 0.111. The molecule has 2 rings (SSSR count). The molecule has 0 spiro atoms. The second-order valence-corrected chi connectivity index (χ2v) is 13.9. The Morgan fingerprint density at radius 1 is 1.19 bits per heavy atom. The van der Waals surface area contributed by atoms with Crippen LogP contribution < -0.4 is 0 Å². The van der Waals surface area contributed by atoms with E-state index in [1.165, 1.54) is 12.8 Å². The van der Waals surface area contributed by atoms with Crippen molar-refractivity contribution in [1.82, 2.24) is 0 Å². The van der Waals surface area contributed by atoms with Crippen LogP contribution in [-0.2, 0) is 0 Å². The van der Waals surface area contributed by atoms with Crippen molar-refractivity contribution in [2.45, 2.75) is 78.6 Å². The van der Waals surface area contributed by atoms with E-state index < -0.39 is 13.7 Å². The first kappa shape index (κ1) is 16.8. The van der Waals surface area contributed by atoms with Crippen molar-refractivity contribution in [3.8, 4) is 11.5 Å². The normalized spacial score (nSPS) is 38.9. The summed E-state index contributed by atoms with van der Waals surface area (Å²) in [6.07, 6.45) is 6.88. The highest BCUT2D eigenvalue weighted by molar-refractivity contribution is 6.83. The van der Waals surface area contributed by atoms with Gasteiger partial charge in [-0.3, -0.25) is 0 Å². The van der Waals surface area contributed by atoms with Gasteiger partial charge in [0.1, 0.15) is 8.07 Å². The molecule has 3 atom stereocenters. The summed E-state index contributed by atoms with van der Waals surface area (Å²) >= 11 is 0. The molecule has 1 nitrogen and oxygen atoms in total. The molecule has 118 valence electrons. The van der Waals surface area contributed by atoms with Crippen LogP contribution in [0.5, 0.6) is 0 Å². The van der Waals surface area contributed by atoms with Crippen LogP contribution in [0, 0.1) is 28.2 Å². The predicted molar refractivity (Wildman–Crippen MR) is 93.7 cm³/mol. The monoisotopic (exact) mass is 304 g/mol. The molecule has 1 fully saturated rings. The van der Waals surface area contributed by atoms with Gasteiger partial charge in [0.25, 0.3) is 0 Å². The van der Waals surface area contributed by atoms with Crippen LogP contribution in [0.25, 0.3) is 0 Å². The molecule has 1 saturated carbocycles. The Kier molecular flexibility index (Phi) is 4.01. The maximum Gasteiger partial charge on any atom is 0.151 e. The number of hydrogen-bond donors (Lipinski definition) is 1. The van der Waals surface area contributed by atoms with E-state index in [-0.39, 0.29) is 5.41 Å². The van der Waals surface area contributed by atoms with Gasteiger partial charge < -0.3 is 5.11 Å². The van der Waals surface area contributed by atoms with E-state index in [9.17, 15) is 5.11 Å². The molecule has 0 aromatic heterocycles. The van der Waals surface area contributed by atoms with Gasteiger partial charge in [0.2, 0.25) is 0 Å². The van der Waals surface area contributed by atoms with Gasteiger partial charge in [0.05, 0.1) is 0 Å². The molecule has 0 saturated heterocycles. The lowest BCUT2D eigenvalue weighted by Crippen LogP contribution is -2.58. The number of fused-ring (bicyclic) bond motifs is 1. The summed E-state index contributed by atoms with van der Waals surface area (Å²) in [5.74, 6) is 3.88. The number of aliphatic hydroxyl groups is 1. The smallest absolute Gasteiger partial charge is 0.151 e. The van der Waals surface area contributed by atoms with Crippen molar-refractivity contribution in [1.29, 1.82) is 0 Å². The molecule has 2 heteroatoms. The zero-order chi connectivity index (χ0) is 16.1. The first-order chi connectivity index (χ1) is 9.42. The standard InChI is InChI=1S/C19H32OSi/c1-15-9-10-16-17(2,3)11-8-12-18(16,4)19(15,20)13-14-21(5,6)7/h9,16,20H,8,10-12H2,1-7H3/t16-,18-,19-/m0/s1. The molecular weight excluding hydrogens is 272 g/mol. The van der Waals surface area contributed by atoms with Gasteiger partial charge in [-0.05, 0) is 43.1 Å². The van der Waals surface area contributed by atoms with Gasteiger partial charge in [-0.1, -0.05) is 58.8 Å². The third-order valence-electron chi connectivity index (χ3n) is 5.91. The minimum Gasteiger partial charge on any atom is -0.373 e. The van der Waals surface area contributed by atoms with Crippen LogP contribution in [0.1, 0.15) is 53.4 Å². The molecule has 0 bridgehead atoms. The summed E-state index contributed by atoms with van der Waals surface area (Å²) in [5, 5.41) is 11.6. The van der Waals surface area contributed by atoms with E-state index in [0.717, 1.165) is 18.4 Å². The second kappa shape index (κ2) is 5.00. The van der Waals surface area contributed by atoms with Crippen LogP contribution in [0.2, 0.25) is 19.6 Å². The third kappa shape index (κ3) is 2.75. The Balaban J connectivity index is 2.55. The summed E-state index contributed by atoms with van der Waals surface area (Å²) in [5.41, 5.74) is 3.76. The average molecular weight is 305 g/mol. The molecule has 0 radical (unpaired) electrons. The molecule has 0 aromatic rings. The lowest BCUT2D eigenvalue weighted by Gasteiger charge is -2.58. The molecule has 21 heavy (non-hydrogen) atoms. The number of hydrogen-bond acceptors (Lipinski definition) is 1. The summed E-state index contributed by atoms with van der Waals surface area (Å²) in [7, 11) is -1.49. The van der Waals surface area contributed by atoms with Crippen molar-refractivity contribution in [3.63, 3.8) is 0 Å². The Hall–Kier alpha value is -0.523. The van der Waals surface area contributed by atoms with Gasteiger partial charge in [0, 0.05) is 5.41 Å². The zero-order valence-corrected chi connectivity index (χ0v) is 15.9. The molecule has 2 aliphatic carbocycles. The fourth-order valence-corrected chi connectivity index (χ4v) is 5.10. The van der Waals surface area contributed by atoms with E-state index in [0.29, 0.717) is 11.3 Å². The highest BCUT2D eigenvalue weighted by Gasteiger charge is 2.58. The Morgan fingerprint density at radius 2 is 1.81 bits per heavy atom. The maximum absolute atomic E-state index is 11.6. The summed E-state index contributed by atoms with van der Waals surface area (Å²) in [6, 6.07) is 0. The lowest BCUT2D eigenvalue weighted by molar-refractivity contribution is -0.112. The molecule has 0 aromatic carbocycles. The van der Waals surface area contributed by atoms with Gasteiger partial charge in [-0.2, -0.15) is 0 Å². The molecule has 0 unspecified atom stereocenters. The van der Waals surface area contributed by atoms with Crippen molar-refractivity contribution in [2.24, 2.45) is 16.7 Å². The van der Waals surface area contributed by atoms with E-state index in [1.807, 2.05) is 0 Å². The van der Waals surface area contributed by atoms with E-state index in [4.69, 9.17) is 0 Å².